The van der Waals surface area contributed by atoms with Crippen molar-refractivity contribution in [3.63, 3.8) is 0 Å². The van der Waals surface area contributed by atoms with Gasteiger partial charge in [0, 0.05) is 27.8 Å². The molecule has 26 heavy (non-hydrogen) atoms. The van der Waals surface area contributed by atoms with Crippen molar-refractivity contribution >= 4 is 39.1 Å². The van der Waals surface area contributed by atoms with Gasteiger partial charge < -0.3 is 14.6 Å². The normalized spacial score (nSPS) is 10.4. The smallest absolute Gasteiger partial charge is 0.251 e. The first-order chi connectivity index (χ1) is 12.5. The van der Waals surface area contributed by atoms with E-state index in [2.05, 4.69) is 26.2 Å². The van der Waals surface area contributed by atoms with E-state index >= 15 is 0 Å². The summed E-state index contributed by atoms with van der Waals surface area (Å²) in [6.07, 6.45) is 3.04. The minimum atomic E-state index is -0.335. The highest BCUT2D eigenvalue weighted by molar-refractivity contribution is 9.10. The van der Waals surface area contributed by atoms with Crippen molar-refractivity contribution in [2.75, 3.05) is 5.32 Å². The topological polar surface area (TPSA) is 73.2 Å². The molecule has 2 aromatic heterocycles. The average Bonchev–Trinajstić information content (AvgIpc) is 2.62. The summed E-state index contributed by atoms with van der Waals surface area (Å²) < 4.78 is 7.61. The van der Waals surface area contributed by atoms with Crippen LogP contribution < -0.4 is 15.6 Å². The van der Waals surface area contributed by atoms with Gasteiger partial charge in [-0.3, -0.25) is 9.59 Å². The Labute approximate surface area is 162 Å². The van der Waals surface area contributed by atoms with Gasteiger partial charge in [-0.15, -0.1) is 0 Å². The van der Waals surface area contributed by atoms with Gasteiger partial charge in [-0.2, -0.15) is 0 Å². The third-order valence-corrected chi connectivity index (χ3v) is 4.04. The molecule has 1 amide bonds. The Morgan fingerprint density at radius 3 is 2.62 bits per heavy atom. The van der Waals surface area contributed by atoms with Crippen LogP contribution >= 0.6 is 27.5 Å². The lowest BCUT2D eigenvalue weighted by Gasteiger charge is -2.09. The van der Waals surface area contributed by atoms with E-state index in [1.807, 2.05) is 0 Å². The molecule has 0 bridgehead atoms. The van der Waals surface area contributed by atoms with Crippen molar-refractivity contribution in [1.82, 2.24) is 9.55 Å². The summed E-state index contributed by atoms with van der Waals surface area (Å²) in [5, 5.41) is 3.30. The van der Waals surface area contributed by atoms with E-state index in [1.165, 1.54) is 16.8 Å². The van der Waals surface area contributed by atoms with E-state index < -0.39 is 0 Å². The number of amides is 1. The van der Waals surface area contributed by atoms with E-state index in [0.717, 1.165) is 4.47 Å². The maximum absolute atomic E-state index is 12.1. The fraction of sp³-hybridized carbons (Fsp3) is 0.0556. The zero-order chi connectivity index (χ0) is 18.5. The Hall–Kier alpha value is -2.64. The van der Waals surface area contributed by atoms with Gasteiger partial charge >= 0.3 is 0 Å². The number of pyridine rings is 2. The van der Waals surface area contributed by atoms with Crippen LogP contribution in [0, 0.1) is 0 Å². The lowest BCUT2D eigenvalue weighted by atomic mass is 10.3. The van der Waals surface area contributed by atoms with Gasteiger partial charge in [0.15, 0.2) is 0 Å². The van der Waals surface area contributed by atoms with Crippen LogP contribution in [0.15, 0.2) is 70.2 Å². The van der Waals surface area contributed by atoms with Gasteiger partial charge in [0.2, 0.25) is 11.8 Å². The van der Waals surface area contributed by atoms with E-state index in [9.17, 15) is 9.59 Å². The zero-order valence-corrected chi connectivity index (χ0v) is 15.7. The summed E-state index contributed by atoms with van der Waals surface area (Å²) in [4.78, 5) is 28.0. The molecule has 132 valence electrons. The summed E-state index contributed by atoms with van der Waals surface area (Å²) in [6, 6.07) is 13.2. The first kappa shape index (κ1) is 18.2. The second kappa shape index (κ2) is 8.16. The van der Waals surface area contributed by atoms with E-state index in [-0.39, 0.29) is 18.0 Å². The summed E-state index contributed by atoms with van der Waals surface area (Å²) in [5.41, 5.74) is 0.245. The summed E-state index contributed by atoms with van der Waals surface area (Å²) in [5.74, 6) is 0.652. The number of hydrogen-bond acceptors (Lipinski definition) is 4. The highest BCUT2D eigenvalue weighted by Gasteiger charge is 2.07. The van der Waals surface area contributed by atoms with Gasteiger partial charge in [-0.05, 0) is 52.3 Å². The van der Waals surface area contributed by atoms with Gasteiger partial charge in [-0.1, -0.05) is 11.6 Å². The number of nitrogens with one attached hydrogen (secondary N) is 1. The van der Waals surface area contributed by atoms with Gasteiger partial charge in [0.05, 0.1) is 11.9 Å². The molecule has 3 rings (SSSR count). The first-order valence-corrected chi connectivity index (χ1v) is 8.72. The third-order valence-electron chi connectivity index (χ3n) is 3.32. The van der Waals surface area contributed by atoms with Crippen molar-refractivity contribution < 1.29 is 9.53 Å². The molecule has 0 fully saturated rings. The molecule has 0 aliphatic heterocycles. The van der Waals surface area contributed by atoms with E-state index in [1.54, 1.807) is 48.7 Å². The predicted octanol–water partition coefficient (Wildman–Crippen LogP) is 4.09. The minimum absolute atomic E-state index is 0.0959. The van der Waals surface area contributed by atoms with Gasteiger partial charge in [0.25, 0.3) is 5.56 Å². The number of ether oxygens (including phenoxy) is 1. The molecule has 0 aliphatic carbocycles. The molecule has 0 aliphatic rings. The second-order valence-corrected chi connectivity index (χ2v) is 6.65. The van der Waals surface area contributed by atoms with Crippen molar-refractivity contribution in [2.24, 2.45) is 0 Å². The number of hydrogen-bond donors (Lipinski definition) is 1. The minimum Gasteiger partial charge on any atom is -0.439 e. The Morgan fingerprint density at radius 2 is 1.92 bits per heavy atom. The van der Waals surface area contributed by atoms with Crippen molar-refractivity contribution in [3.8, 4) is 11.6 Å². The van der Waals surface area contributed by atoms with Crippen molar-refractivity contribution in [1.29, 1.82) is 0 Å². The molecule has 0 spiro atoms. The standard InChI is InChI=1S/C18H13BrClN3O3/c19-12-1-8-18(25)23(10-12)11-16(24)22-14-4-7-17(21-9-14)26-15-5-2-13(20)3-6-15/h1-10H,11H2,(H,22,24). The maximum Gasteiger partial charge on any atom is 0.251 e. The molecule has 3 aromatic rings. The molecule has 0 atom stereocenters. The number of anilines is 1. The van der Waals surface area contributed by atoms with Crippen molar-refractivity contribution in [3.05, 3.63) is 80.8 Å². The van der Waals surface area contributed by atoms with Crippen LogP contribution in [0.25, 0.3) is 0 Å². The highest BCUT2D eigenvalue weighted by Crippen LogP contribution is 2.22. The molecule has 6 nitrogen and oxygen atoms in total. The van der Waals surface area contributed by atoms with Crippen LogP contribution in [0.5, 0.6) is 11.6 Å². The fourth-order valence-electron chi connectivity index (χ4n) is 2.12. The number of aromatic nitrogens is 2. The first-order valence-electron chi connectivity index (χ1n) is 7.55. The molecule has 0 saturated heterocycles. The Morgan fingerprint density at radius 1 is 1.15 bits per heavy atom. The monoisotopic (exact) mass is 433 g/mol. The Bertz CT molecular complexity index is 972. The quantitative estimate of drug-likeness (QED) is 0.656. The zero-order valence-electron chi connectivity index (χ0n) is 13.4. The Balaban J connectivity index is 1.61. The van der Waals surface area contributed by atoms with E-state index in [4.69, 9.17) is 16.3 Å². The van der Waals surface area contributed by atoms with Crippen LogP contribution in [0.3, 0.4) is 0 Å². The van der Waals surface area contributed by atoms with Crippen LogP contribution in [-0.4, -0.2) is 15.5 Å². The van der Waals surface area contributed by atoms with Crippen LogP contribution in [0.4, 0.5) is 5.69 Å². The van der Waals surface area contributed by atoms with Crippen LogP contribution in [-0.2, 0) is 11.3 Å². The number of carbonyl (C=O) groups is 1. The van der Waals surface area contributed by atoms with Crippen LogP contribution in [0.2, 0.25) is 5.02 Å². The third kappa shape index (κ3) is 4.93. The van der Waals surface area contributed by atoms with Crippen molar-refractivity contribution in [2.45, 2.75) is 6.54 Å². The molecule has 0 radical (unpaired) electrons. The number of halogens is 2. The molecular weight excluding hydrogens is 422 g/mol. The molecule has 0 unspecified atom stereocenters. The largest absolute Gasteiger partial charge is 0.439 e. The Kier molecular flexibility index (Phi) is 5.70. The highest BCUT2D eigenvalue weighted by atomic mass is 79.9. The number of carbonyl (C=O) groups excluding carboxylic acids is 1. The number of benzene rings is 1. The second-order valence-electron chi connectivity index (χ2n) is 5.30. The summed E-state index contributed by atoms with van der Waals surface area (Å²) in [7, 11) is 0. The molecule has 2 heterocycles. The molecule has 1 aromatic carbocycles. The van der Waals surface area contributed by atoms with Crippen LogP contribution in [0.1, 0.15) is 0 Å². The predicted molar refractivity (Wildman–Crippen MR) is 103 cm³/mol. The van der Waals surface area contributed by atoms with Gasteiger partial charge in [0.1, 0.15) is 12.3 Å². The molecule has 8 heteroatoms. The maximum atomic E-state index is 12.1. The van der Waals surface area contributed by atoms with Gasteiger partial charge in [-0.25, -0.2) is 4.98 Å². The SMILES string of the molecule is O=C(Cn1cc(Br)ccc1=O)Nc1ccc(Oc2ccc(Cl)cc2)nc1. The number of nitrogens with zero attached hydrogens (tertiary/aromatic N) is 2. The number of rotatable bonds is 5. The molecule has 0 saturated carbocycles. The average molecular weight is 435 g/mol. The summed E-state index contributed by atoms with van der Waals surface area (Å²) >= 11 is 9.09. The summed E-state index contributed by atoms with van der Waals surface area (Å²) in [6.45, 7) is -0.0959. The fourth-order valence-corrected chi connectivity index (χ4v) is 2.62. The molecule has 1 N–H and O–H groups in total. The van der Waals surface area contributed by atoms with E-state index in [0.29, 0.717) is 22.3 Å². The lowest BCUT2D eigenvalue weighted by Crippen LogP contribution is -2.26. The lowest BCUT2D eigenvalue weighted by molar-refractivity contribution is -0.116. The molecular formula is C18H13BrClN3O3.